The molecule has 0 spiro atoms. The van der Waals surface area contributed by atoms with Gasteiger partial charge in [-0.05, 0) is 12.8 Å². The van der Waals surface area contributed by atoms with Gasteiger partial charge in [0.15, 0.2) is 0 Å². The van der Waals surface area contributed by atoms with Crippen molar-refractivity contribution in [1.29, 1.82) is 0 Å². The highest BCUT2D eigenvalue weighted by Crippen LogP contribution is 2.39. The van der Waals surface area contributed by atoms with Gasteiger partial charge in [0.1, 0.15) is 0 Å². The average Bonchev–Trinajstić information content (AvgIpc) is 2.85. The molecule has 212 valence electrons. The van der Waals surface area contributed by atoms with Crippen LogP contribution >= 0.6 is 0 Å². The summed E-state index contributed by atoms with van der Waals surface area (Å²) in [6, 6.07) is 0. The number of nitrogens with zero attached hydrogens (tertiary/aromatic N) is 1. The van der Waals surface area contributed by atoms with E-state index in [1.807, 2.05) is 0 Å². The number of hydrogen-bond acceptors (Lipinski definition) is 2. The Balaban J connectivity index is 4.37. The van der Waals surface area contributed by atoms with Gasteiger partial charge in [-0.1, -0.05) is 143 Å². The second-order valence-electron chi connectivity index (χ2n) is 12.0. The van der Waals surface area contributed by atoms with Gasteiger partial charge in [0, 0.05) is 25.7 Å². The van der Waals surface area contributed by atoms with Crippen LogP contribution in [0.25, 0.3) is 0 Å². The second-order valence-corrected chi connectivity index (χ2v) is 12.0. The number of quaternary nitrogens is 1. The summed E-state index contributed by atoms with van der Waals surface area (Å²) in [5.41, 5.74) is -1.72. The normalized spacial score (nSPS) is 15.8. The number of aliphatic hydroxyl groups is 2. The fourth-order valence-corrected chi connectivity index (χ4v) is 5.88. The Morgan fingerprint density at radius 2 is 0.629 bits per heavy atom. The minimum atomic E-state index is -0.858. The zero-order valence-electron chi connectivity index (χ0n) is 25.3. The first-order valence-electron chi connectivity index (χ1n) is 16.0. The topological polar surface area (TPSA) is 40.5 Å². The van der Waals surface area contributed by atoms with Gasteiger partial charge in [0.05, 0.1) is 14.1 Å². The van der Waals surface area contributed by atoms with Gasteiger partial charge in [-0.15, -0.1) is 0 Å². The lowest BCUT2D eigenvalue weighted by molar-refractivity contribution is -1.03. The van der Waals surface area contributed by atoms with Crippen LogP contribution in [0.2, 0.25) is 0 Å². The van der Waals surface area contributed by atoms with Crippen LogP contribution in [0.1, 0.15) is 182 Å². The van der Waals surface area contributed by atoms with Gasteiger partial charge in [0.2, 0.25) is 11.4 Å². The monoisotopic (exact) mass is 499 g/mol. The van der Waals surface area contributed by atoms with E-state index >= 15 is 0 Å². The minimum Gasteiger partial charge on any atom is -0.342 e. The summed E-state index contributed by atoms with van der Waals surface area (Å²) in [7, 11) is 4.14. The van der Waals surface area contributed by atoms with Crippen molar-refractivity contribution in [3.05, 3.63) is 0 Å². The Labute approximate surface area is 222 Å². The van der Waals surface area contributed by atoms with Crippen LogP contribution in [-0.4, -0.2) is 40.2 Å². The number of hydrogen-bond donors (Lipinski definition) is 2. The molecule has 2 unspecified atom stereocenters. The molecule has 35 heavy (non-hydrogen) atoms. The molecule has 0 aliphatic heterocycles. The minimum absolute atomic E-state index is 0.307. The van der Waals surface area contributed by atoms with Crippen molar-refractivity contribution in [1.82, 2.24) is 0 Å². The van der Waals surface area contributed by atoms with E-state index in [2.05, 4.69) is 41.8 Å². The molecule has 3 nitrogen and oxygen atoms in total. The average molecular weight is 499 g/mol. The van der Waals surface area contributed by atoms with Crippen LogP contribution in [0.15, 0.2) is 0 Å². The fraction of sp³-hybridized carbons (Fsp3) is 1.00. The molecule has 0 radical (unpaired) electrons. The van der Waals surface area contributed by atoms with Crippen molar-refractivity contribution in [2.24, 2.45) is 0 Å². The summed E-state index contributed by atoms with van der Waals surface area (Å²) >= 11 is 0. The van der Waals surface area contributed by atoms with E-state index in [0.717, 1.165) is 25.7 Å². The lowest BCUT2D eigenvalue weighted by atomic mass is 9.90. The molecule has 3 heteroatoms. The molecular weight excluding hydrogens is 430 g/mol. The standard InChI is InChI=1S/C32H68NO2/c1-7-11-13-15-17-19-21-23-25-27-29-31(34,9-3)33(5,6)32(35,10-4)30-28-26-24-22-20-18-16-14-12-8-2/h34-35H,7-30H2,1-6H3/q+1. The maximum Gasteiger partial charge on any atom is 0.202 e. The summed E-state index contributed by atoms with van der Waals surface area (Å²) in [6.45, 7) is 8.73. The lowest BCUT2D eigenvalue weighted by Crippen LogP contribution is -2.70. The van der Waals surface area contributed by atoms with E-state index in [1.165, 1.54) is 116 Å². The first kappa shape index (κ1) is 34.9. The van der Waals surface area contributed by atoms with Crippen LogP contribution in [0.3, 0.4) is 0 Å². The van der Waals surface area contributed by atoms with Crippen LogP contribution < -0.4 is 0 Å². The molecule has 0 aromatic carbocycles. The Hall–Kier alpha value is -0.120. The molecule has 0 heterocycles. The maximum atomic E-state index is 11.7. The Kier molecular flexibility index (Phi) is 20.8. The van der Waals surface area contributed by atoms with E-state index in [-0.39, 0.29) is 0 Å². The van der Waals surface area contributed by atoms with Gasteiger partial charge in [-0.3, -0.25) is 4.48 Å². The third kappa shape index (κ3) is 13.8. The molecule has 0 bridgehead atoms. The Bertz CT molecular complexity index is 426. The highest BCUT2D eigenvalue weighted by atomic mass is 16.4. The molecule has 0 aromatic rings. The Morgan fingerprint density at radius 1 is 0.400 bits per heavy atom. The van der Waals surface area contributed by atoms with E-state index in [0.29, 0.717) is 17.3 Å². The second kappa shape index (κ2) is 20.9. The molecule has 2 atom stereocenters. The van der Waals surface area contributed by atoms with Gasteiger partial charge in [-0.2, -0.15) is 0 Å². The maximum absolute atomic E-state index is 11.7. The van der Waals surface area contributed by atoms with Crippen molar-refractivity contribution in [2.45, 2.75) is 193 Å². The third-order valence-corrected chi connectivity index (χ3v) is 9.08. The molecular formula is C32H68NO2+. The van der Waals surface area contributed by atoms with E-state index < -0.39 is 11.4 Å². The summed E-state index contributed by atoms with van der Waals surface area (Å²) in [4.78, 5) is 0. The fourth-order valence-electron chi connectivity index (χ4n) is 5.88. The van der Waals surface area contributed by atoms with Crippen molar-refractivity contribution in [3.8, 4) is 0 Å². The van der Waals surface area contributed by atoms with E-state index in [9.17, 15) is 10.2 Å². The van der Waals surface area contributed by atoms with E-state index in [1.54, 1.807) is 0 Å². The quantitative estimate of drug-likeness (QED) is 0.0707. The van der Waals surface area contributed by atoms with Crippen LogP contribution in [0.4, 0.5) is 0 Å². The molecule has 0 aliphatic rings. The van der Waals surface area contributed by atoms with Crippen molar-refractivity contribution in [2.75, 3.05) is 14.1 Å². The van der Waals surface area contributed by atoms with Crippen LogP contribution in [0, 0.1) is 0 Å². The van der Waals surface area contributed by atoms with Crippen LogP contribution in [-0.2, 0) is 0 Å². The lowest BCUT2D eigenvalue weighted by Gasteiger charge is -2.54. The number of unbranched alkanes of at least 4 members (excludes halogenated alkanes) is 18. The molecule has 0 rings (SSSR count). The predicted octanol–water partition coefficient (Wildman–Crippen LogP) is 9.88. The van der Waals surface area contributed by atoms with Gasteiger partial charge >= 0.3 is 0 Å². The van der Waals surface area contributed by atoms with Gasteiger partial charge in [0.25, 0.3) is 0 Å². The smallest absolute Gasteiger partial charge is 0.202 e. The molecule has 0 aliphatic carbocycles. The Morgan fingerprint density at radius 3 is 0.857 bits per heavy atom. The molecule has 2 N–H and O–H groups in total. The molecule has 0 saturated carbocycles. The van der Waals surface area contributed by atoms with Gasteiger partial charge in [-0.25, -0.2) is 0 Å². The highest BCUT2D eigenvalue weighted by molar-refractivity contribution is 4.75. The molecule has 0 fully saturated rings. The molecule has 0 amide bonds. The van der Waals surface area contributed by atoms with Crippen LogP contribution in [0.5, 0.6) is 0 Å². The van der Waals surface area contributed by atoms with E-state index in [4.69, 9.17) is 0 Å². The van der Waals surface area contributed by atoms with Gasteiger partial charge < -0.3 is 10.2 Å². The molecule has 0 saturated heterocycles. The predicted molar refractivity (Wildman–Crippen MR) is 156 cm³/mol. The first-order chi connectivity index (χ1) is 16.7. The zero-order chi connectivity index (χ0) is 26.5. The van der Waals surface area contributed by atoms with Crippen molar-refractivity contribution >= 4 is 0 Å². The first-order valence-corrected chi connectivity index (χ1v) is 16.0. The summed E-state index contributed by atoms with van der Waals surface area (Å²) in [5.74, 6) is 0. The zero-order valence-corrected chi connectivity index (χ0v) is 25.3. The van der Waals surface area contributed by atoms with Crippen molar-refractivity contribution in [3.63, 3.8) is 0 Å². The highest BCUT2D eigenvalue weighted by Gasteiger charge is 2.54. The summed E-state index contributed by atoms with van der Waals surface area (Å²) in [5, 5.41) is 23.4. The van der Waals surface area contributed by atoms with Crippen molar-refractivity contribution < 1.29 is 14.7 Å². The summed E-state index contributed by atoms with van der Waals surface area (Å²) in [6.07, 6.45) is 29.1. The SMILES string of the molecule is CCCCCCCCCCCCC(O)(CC)[N+](C)(C)C(O)(CC)CCCCCCCCCCCC. The summed E-state index contributed by atoms with van der Waals surface area (Å²) < 4.78 is 0.307. The largest absolute Gasteiger partial charge is 0.342 e. The number of rotatable bonds is 26. The molecule has 0 aromatic heterocycles. The third-order valence-electron chi connectivity index (χ3n) is 9.08.